The van der Waals surface area contributed by atoms with Gasteiger partial charge in [0.05, 0.1) is 6.10 Å². The zero-order valence-corrected chi connectivity index (χ0v) is 14.6. The number of hydrogen-bond acceptors (Lipinski definition) is 6. The predicted molar refractivity (Wildman–Crippen MR) is 92.1 cm³/mol. The van der Waals surface area contributed by atoms with Gasteiger partial charge >= 0.3 is 6.61 Å². The fourth-order valence-corrected chi connectivity index (χ4v) is 2.45. The molecule has 0 saturated heterocycles. The third-order valence-corrected chi connectivity index (χ3v) is 3.92. The maximum absolute atomic E-state index is 12.5. The van der Waals surface area contributed by atoms with E-state index in [-0.39, 0.29) is 18.5 Å². The van der Waals surface area contributed by atoms with E-state index in [1.807, 2.05) is 6.07 Å². The highest BCUT2D eigenvalue weighted by molar-refractivity contribution is 5.43. The van der Waals surface area contributed by atoms with E-state index in [0.717, 1.165) is 24.0 Å². The van der Waals surface area contributed by atoms with Gasteiger partial charge in [0.15, 0.2) is 17.8 Å². The van der Waals surface area contributed by atoms with Crippen LogP contribution in [-0.2, 0) is 12.8 Å². The maximum Gasteiger partial charge on any atom is 0.387 e. The van der Waals surface area contributed by atoms with Crippen molar-refractivity contribution < 1.29 is 33.2 Å². The van der Waals surface area contributed by atoms with Gasteiger partial charge in [-0.05, 0) is 48.9 Å². The summed E-state index contributed by atoms with van der Waals surface area (Å²) in [6.07, 6.45) is 3.39. The SMILES string of the molecule is OC(O)COc1ccc(CCc2ccc(OC(F)F)c(OC3CC3)c2)cn1. The molecule has 2 aromatic rings. The standard InChI is InChI=1S/C19H21F2NO5/c20-19(21)27-15-7-3-12(9-16(15)26-14-5-6-14)1-2-13-4-8-17(22-10-13)25-11-18(23)24/h3-4,7-10,14,18-19,23-24H,1-2,5-6,11H2. The molecule has 0 unspecified atom stereocenters. The van der Waals surface area contributed by atoms with Crippen LogP contribution in [0.25, 0.3) is 0 Å². The Balaban J connectivity index is 1.59. The first-order valence-corrected chi connectivity index (χ1v) is 8.68. The van der Waals surface area contributed by atoms with Crippen molar-refractivity contribution in [2.24, 2.45) is 0 Å². The number of alkyl halides is 2. The van der Waals surface area contributed by atoms with E-state index >= 15 is 0 Å². The van der Waals surface area contributed by atoms with Gasteiger partial charge in [0.25, 0.3) is 0 Å². The average Bonchev–Trinajstić information content (AvgIpc) is 3.44. The summed E-state index contributed by atoms with van der Waals surface area (Å²) in [7, 11) is 0. The largest absolute Gasteiger partial charge is 0.487 e. The lowest BCUT2D eigenvalue weighted by molar-refractivity contribution is -0.0688. The van der Waals surface area contributed by atoms with E-state index < -0.39 is 12.9 Å². The van der Waals surface area contributed by atoms with Crippen LogP contribution in [0.4, 0.5) is 8.78 Å². The van der Waals surface area contributed by atoms with Crippen LogP contribution in [0.15, 0.2) is 36.5 Å². The Labute approximate surface area is 155 Å². The minimum Gasteiger partial charge on any atom is -0.487 e. The number of ether oxygens (including phenoxy) is 3. The number of aliphatic hydroxyl groups excluding tert-OH is 1. The monoisotopic (exact) mass is 381 g/mol. The van der Waals surface area contributed by atoms with Gasteiger partial charge in [-0.3, -0.25) is 0 Å². The molecule has 0 bridgehead atoms. The lowest BCUT2D eigenvalue weighted by atomic mass is 10.1. The molecule has 0 aliphatic heterocycles. The van der Waals surface area contributed by atoms with Gasteiger partial charge in [0, 0.05) is 12.3 Å². The third kappa shape index (κ3) is 6.33. The van der Waals surface area contributed by atoms with Gasteiger partial charge in [-0.25, -0.2) is 4.98 Å². The summed E-state index contributed by atoms with van der Waals surface area (Å²) < 4.78 is 40.4. The number of hydrogen-bond donors (Lipinski definition) is 2. The van der Waals surface area contributed by atoms with Crippen LogP contribution in [0.1, 0.15) is 24.0 Å². The van der Waals surface area contributed by atoms with E-state index in [9.17, 15) is 8.78 Å². The van der Waals surface area contributed by atoms with Crippen LogP contribution in [-0.4, -0.2) is 40.8 Å². The Bertz CT molecular complexity index is 735. The van der Waals surface area contributed by atoms with Gasteiger partial charge in [-0.15, -0.1) is 0 Å². The summed E-state index contributed by atoms with van der Waals surface area (Å²) >= 11 is 0. The lowest BCUT2D eigenvalue weighted by Crippen LogP contribution is -2.16. The average molecular weight is 381 g/mol. The van der Waals surface area contributed by atoms with Crippen molar-refractivity contribution >= 4 is 0 Å². The molecule has 0 spiro atoms. The van der Waals surface area contributed by atoms with Crippen molar-refractivity contribution in [2.75, 3.05) is 6.61 Å². The van der Waals surface area contributed by atoms with E-state index in [4.69, 9.17) is 19.7 Å². The summed E-state index contributed by atoms with van der Waals surface area (Å²) in [6, 6.07) is 8.48. The minimum atomic E-state index is -2.89. The van der Waals surface area contributed by atoms with Crippen molar-refractivity contribution in [3.05, 3.63) is 47.7 Å². The first kappa shape index (κ1) is 19.3. The normalized spacial score (nSPS) is 13.9. The van der Waals surface area contributed by atoms with Gasteiger partial charge < -0.3 is 24.4 Å². The van der Waals surface area contributed by atoms with Crippen LogP contribution in [0, 0.1) is 0 Å². The highest BCUT2D eigenvalue weighted by atomic mass is 19.3. The molecule has 1 aliphatic carbocycles. The van der Waals surface area contributed by atoms with Crippen molar-refractivity contribution in [1.29, 1.82) is 0 Å². The Morgan fingerprint density at radius 1 is 1.04 bits per heavy atom. The van der Waals surface area contributed by atoms with Crippen LogP contribution in [0.2, 0.25) is 0 Å². The predicted octanol–water partition coefficient (Wildman–Crippen LogP) is 2.70. The van der Waals surface area contributed by atoms with E-state index in [1.165, 1.54) is 6.07 Å². The maximum atomic E-state index is 12.5. The molecule has 27 heavy (non-hydrogen) atoms. The Hall–Kier alpha value is -2.45. The first-order valence-electron chi connectivity index (χ1n) is 8.68. The highest BCUT2D eigenvalue weighted by Crippen LogP contribution is 2.35. The molecule has 3 rings (SSSR count). The molecular weight excluding hydrogens is 360 g/mol. The number of benzene rings is 1. The molecule has 1 fully saturated rings. The molecule has 0 atom stereocenters. The molecule has 1 aliphatic rings. The second-order valence-corrected chi connectivity index (χ2v) is 6.27. The zero-order chi connectivity index (χ0) is 19.2. The fraction of sp³-hybridized carbons (Fsp3) is 0.421. The number of nitrogens with zero attached hydrogens (tertiary/aromatic N) is 1. The molecule has 1 heterocycles. The summed E-state index contributed by atoms with van der Waals surface area (Å²) in [5.74, 6) is 0.704. The quantitative estimate of drug-likeness (QED) is 0.616. The van der Waals surface area contributed by atoms with E-state index in [0.29, 0.717) is 24.5 Å². The molecule has 0 radical (unpaired) electrons. The summed E-state index contributed by atoms with van der Waals surface area (Å²) in [5, 5.41) is 17.5. The molecule has 2 N–H and O–H groups in total. The van der Waals surface area contributed by atoms with Crippen molar-refractivity contribution in [3.8, 4) is 17.4 Å². The van der Waals surface area contributed by atoms with Gasteiger partial charge in [-0.1, -0.05) is 12.1 Å². The number of halogens is 2. The van der Waals surface area contributed by atoms with Crippen LogP contribution in [0.5, 0.6) is 17.4 Å². The van der Waals surface area contributed by atoms with Gasteiger partial charge in [0.2, 0.25) is 5.88 Å². The molecule has 0 amide bonds. The highest BCUT2D eigenvalue weighted by Gasteiger charge is 2.25. The number of rotatable bonds is 10. The summed E-state index contributed by atoms with van der Waals surface area (Å²) in [6.45, 7) is -3.14. The number of aromatic nitrogens is 1. The molecule has 1 saturated carbocycles. The minimum absolute atomic E-state index is 0.0508. The van der Waals surface area contributed by atoms with Gasteiger partial charge in [-0.2, -0.15) is 8.78 Å². The number of pyridine rings is 1. The molecule has 6 nitrogen and oxygen atoms in total. The molecule has 1 aromatic heterocycles. The van der Waals surface area contributed by atoms with Crippen molar-refractivity contribution in [1.82, 2.24) is 4.98 Å². The smallest absolute Gasteiger partial charge is 0.387 e. The summed E-state index contributed by atoms with van der Waals surface area (Å²) in [4.78, 5) is 4.10. The molecule has 146 valence electrons. The topological polar surface area (TPSA) is 81.0 Å². The van der Waals surface area contributed by atoms with E-state index in [2.05, 4.69) is 9.72 Å². The number of aliphatic hydroxyl groups is 2. The lowest BCUT2D eigenvalue weighted by Gasteiger charge is -2.13. The van der Waals surface area contributed by atoms with E-state index in [1.54, 1.807) is 24.4 Å². The fourth-order valence-electron chi connectivity index (χ4n) is 2.45. The van der Waals surface area contributed by atoms with Crippen LogP contribution in [0.3, 0.4) is 0 Å². The van der Waals surface area contributed by atoms with Crippen LogP contribution < -0.4 is 14.2 Å². The molecule has 8 heteroatoms. The van der Waals surface area contributed by atoms with Crippen LogP contribution >= 0.6 is 0 Å². The Morgan fingerprint density at radius 2 is 1.78 bits per heavy atom. The third-order valence-electron chi connectivity index (χ3n) is 3.92. The second-order valence-electron chi connectivity index (χ2n) is 6.27. The van der Waals surface area contributed by atoms with Crippen molar-refractivity contribution in [3.63, 3.8) is 0 Å². The Morgan fingerprint density at radius 3 is 2.41 bits per heavy atom. The molecule has 1 aromatic carbocycles. The summed E-state index contributed by atoms with van der Waals surface area (Å²) in [5.41, 5.74) is 1.90. The second kappa shape index (κ2) is 8.96. The zero-order valence-electron chi connectivity index (χ0n) is 14.6. The first-order chi connectivity index (χ1) is 13.0. The Kier molecular flexibility index (Phi) is 6.41. The number of aryl methyl sites for hydroxylation is 2. The van der Waals surface area contributed by atoms with Crippen molar-refractivity contribution in [2.45, 2.75) is 44.7 Å². The molecular formula is C19H21F2NO5. The van der Waals surface area contributed by atoms with Gasteiger partial charge in [0.1, 0.15) is 6.61 Å².